The van der Waals surface area contributed by atoms with Gasteiger partial charge in [0.25, 0.3) is 0 Å². The molecule has 0 aliphatic heterocycles. The van der Waals surface area contributed by atoms with Crippen LogP contribution in [0.5, 0.6) is 0 Å². The molecule has 0 bridgehead atoms. The van der Waals surface area contributed by atoms with Crippen LogP contribution in [0.4, 0.5) is 0 Å². The smallest absolute Gasteiger partial charge is 0.341 e. The van der Waals surface area contributed by atoms with Crippen LogP contribution in [0.2, 0.25) is 0 Å². The molecule has 0 saturated heterocycles. The first-order chi connectivity index (χ1) is 13.3. The molecule has 1 aliphatic rings. The highest BCUT2D eigenvalue weighted by atomic mass is 16.5. The van der Waals surface area contributed by atoms with Crippen molar-refractivity contribution in [3.8, 4) is 11.1 Å². The summed E-state index contributed by atoms with van der Waals surface area (Å²) < 4.78 is 10.6. The Bertz CT molecular complexity index is 949. The third kappa shape index (κ3) is 3.54. The van der Waals surface area contributed by atoms with E-state index in [0.29, 0.717) is 40.9 Å². The van der Waals surface area contributed by atoms with Crippen LogP contribution in [0.3, 0.4) is 0 Å². The van der Waals surface area contributed by atoms with E-state index in [1.807, 2.05) is 19.9 Å². The van der Waals surface area contributed by atoms with E-state index in [-0.39, 0.29) is 29.1 Å². The van der Waals surface area contributed by atoms with Crippen LogP contribution in [0.15, 0.2) is 31.1 Å². The number of aromatic nitrogens is 2. The summed E-state index contributed by atoms with van der Waals surface area (Å²) in [5.74, 6) is -0.368. The topological polar surface area (TPSA) is 78.4 Å². The van der Waals surface area contributed by atoms with Crippen molar-refractivity contribution in [1.29, 1.82) is 0 Å². The number of esters is 1. The number of hydrogen-bond acceptors (Lipinski definition) is 6. The Labute approximate surface area is 164 Å². The number of fused-ring (bicyclic) bond motifs is 1. The van der Waals surface area contributed by atoms with Crippen LogP contribution in [0.1, 0.15) is 59.3 Å². The monoisotopic (exact) mass is 380 g/mol. The van der Waals surface area contributed by atoms with Crippen molar-refractivity contribution in [2.75, 3.05) is 13.7 Å². The summed E-state index contributed by atoms with van der Waals surface area (Å²) in [6, 6.07) is 3.58. The number of Topliss-reactive ketones (excluding diaryl/α,β-unsaturated/α-hetero) is 1. The zero-order valence-electron chi connectivity index (χ0n) is 16.7. The summed E-state index contributed by atoms with van der Waals surface area (Å²) >= 11 is 0. The second kappa shape index (κ2) is 7.54. The molecule has 0 radical (unpaired) electrons. The second-order valence-electron chi connectivity index (χ2n) is 7.56. The van der Waals surface area contributed by atoms with Crippen molar-refractivity contribution in [1.82, 2.24) is 9.97 Å². The maximum atomic E-state index is 13.1. The van der Waals surface area contributed by atoms with Gasteiger partial charge in [-0.05, 0) is 24.8 Å². The van der Waals surface area contributed by atoms with Crippen LogP contribution in [0.25, 0.3) is 16.9 Å². The summed E-state index contributed by atoms with van der Waals surface area (Å²) in [5, 5.41) is 0. The molecule has 0 saturated carbocycles. The summed E-state index contributed by atoms with van der Waals surface area (Å²) in [6.45, 7) is 9.88. The molecule has 0 fully saturated rings. The molecule has 2 heterocycles. The first-order valence-electron chi connectivity index (χ1n) is 9.20. The Morgan fingerprint density at radius 3 is 2.64 bits per heavy atom. The maximum Gasteiger partial charge on any atom is 0.341 e. The van der Waals surface area contributed by atoms with Gasteiger partial charge in [0.1, 0.15) is 11.5 Å². The summed E-state index contributed by atoms with van der Waals surface area (Å²) in [7, 11) is 1.47. The number of ketones is 1. The van der Waals surface area contributed by atoms with Gasteiger partial charge in [-0.3, -0.25) is 9.78 Å². The number of ether oxygens (including phenoxy) is 2. The quantitative estimate of drug-likeness (QED) is 0.574. The largest absolute Gasteiger partial charge is 0.495 e. The van der Waals surface area contributed by atoms with E-state index in [0.717, 1.165) is 0 Å². The summed E-state index contributed by atoms with van der Waals surface area (Å²) in [4.78, 5) is 34.8. The number of methoxy groups -OCH3 is 1. The molecule has 0 N–H and O–H groups in total. The van der Waals surface area contributed by atoms with Crippen LogP contribution in [-0.2, 0) is 15.9 Å². The number of pyridine rings is 2. The lowest BCUT2D eigenvalue weighted by atomic mass is 9.73. The van der Waals surface area contributed by atoms with Gasteiger partial charge < -0.3 is 9.47 Å². The predicted octanol–water partition coefficient (Wildman–Crippen LogP) is 4.09. The molecule has 0 amide bonds. The number of carbonyl (C=O) groups excluding carboxylic acids is 2. The molecule has 3 rings (SSSR count). The van der Waals surface area contributed by atoms with Crippen LogP contribution >= 0.6 is 0 Å². The van der Waals surface area contributed by atoms with Crippen molar-refractivity contribution in [2.24, 2.45) is 5.41 Å². The minimum atomic E-state index is -0.567. The fraction of sp³-hybridized carbons (Fsp3) is 0.364. The molecule has 0 spiro atoms. The maximum absolute atomic E-state index is 13.1. The number of rotatable bonds is 5. The van der Waals surface area contributed by atoms with Gasteiger partial charge in [-0.1, -0.05) is 26.5 Å². The third-order valence-electron chi connectivity index (χ3n) is 4.78. The molecule has 28 heavy (non-hydrogen) atoms. The van der Waals surface area contributed by atoms with Crippen LogP contribution in [-0.4, -0.2) is 35.4 Å². The lowest BCUT2D eigenvalue weighted by Crippen LogP contribution is -2.30. The Kier molecular flexibility index (Phi) is 5.31. The summed E-state index contributed by atoms with van der Waals surface area (Å²) in [5.41, 5.74) is 2.51. The highest BCUT2D eigenvalue weighted by molar-refractivity contribution is 6.11. The third-order valence-corrected chi connectivity index (χ3v) is 4.78. The molecular formula is C22H24N2O4. The molecule has 6 heteroatoms. The second-order valence-corrected chi connectivity index (χ2v) is 7.56. The number of nitrogens with zero attached hydrogens (tertiary/aromatic N) is 2. The average Bonchev–Trinajstić information content (AvgIpc) is 2.65. The standard InChI is InChI=1S/C22H24N2O4/c1-6-28-21(26)19-17(14-8-7-9-23-12-14)18-15(24-20(19)13(2)27-5)10-22(3,4)11-16(18)25/h7-9,12H,2,6,10-11H2,1,3-5H3. The van der Waals surface area contributed by atoms with Gasteiger partial charge in [-0.15, -0.1) is 0 Å². The Morgan fingerprint density at radius 2 is 2.04 bits per heavy atom. The molecule has 0 atom stereocenters. The van der Waals surface area contributed by atoms with Gasteiger partial charge >= 0.3 is 5.97 Å². The van der Waals surface area contributed by atoms with E-state index >= 15 is 0 Å². The zero-order chi connectivity index (χ0) is 20.5. The molecule has 2 aromatic heterocycles. The molecule has 0 unspecified atom stereocenters. The van der Waals surface area contributed by atoms with Crippen LogP contribution < -0.4 is 0 Å². The van der Waals surface area contributed by atoms with Crippen molar-refractivity contribution in [2.45, 2.75) is 33.6 Å². The summed E-state index contributed by atoms with van der Waals surface area (Å²) in [6.07, 6.45) is 4.25. The first kappa shape index (κ1) is 19.7. The molecule has 2 aromatic rings. The van der Waals surface area contributed by atoms with E-state index in [1.165, 1.54) is 7.11 Å². The fourth-order valence-corrected chi connectivity index (χ4v) is 3.60. The fourth-order valence-electron chi connectivity index (χ4n) is 3.60. The Balaban J connectivity index is 2.43. The van der Waals surface area contributed by atoms with Crippen molar-refractivity contribution >= 4 is 17.5 Å². The predicted molar refractivity (Wildman–Crippen MR) is 106 cm³/mol. The SMILES string of the molecule is C=C(OC)c1nc2c(c(-c3cccnc3)c1C(=O)OCC)C(=O)CC(C)(C)C2. The minimum Gasteiger partial charge on any atom is -0.495 e. The Morgan fingerprint density at radius 1 is 1.29 bits per heavy atom. The van der Waals surface area contributed by atoms with E-state index in [4.69, 9.17) is 9.47 Å². The minimum absolute atomic E-state index is 0.0438. The average molecular weight is 380 g/mol. The highest BCUT2D eigenvalue weighted by Gasteiger charge is 2.38. The molecule has 1 aliphatic carbocycles. The van der Waals surface area contributed by atoms with E-state index in [2.05, 4.69) is 16.5 Å². The lowest BCUT2D eigenvalue weighted by Gasteiger charge is -2.32. The van der Waals surface area contributed by atoms with E-state index in [9.17, 15) is 9.59 Å². The molecule has 146 valence electrons. The van der Waals surface area contributed by atoms with Gasteiger partial charge in [0.15, 0.2) is 5.78 Å². The van der Waals surface area contributed by atoms with E-state index in [1.54, 1.807) is 25.4 Å². The first-order valence-corrected chi connectivity index (χ1v) is 9.20. The van der Waals surface area contributed by atoms with Gasteiger partial charge in [-0.2, -0.15) is 0 Å². The normalized spacial score (nSPS) is 14.9. The molecular weight excluding hydrogens is 356 g/mol. The number of hydrogen-bond donors (Lipinski definition) is 0. The van der Waals surface area contributed by atoms with Gasteiger partial charge in [0, 0.05) is 35.5 Å². The lowest BCUT2D eigenvalue weighted by molar-refractivity contribution is 0.0525. The van der Waals surface area contributed by atoms with E-state index < -0.39 is 5.97 Å². The molecule has 0 aromatic carbocycles. The van der Waals surface area contributed by atoms with Crippen molar-refractivity contribution < 1.29 is 19.1 Å². The molecule has 6 nitrogen and oxygen atoms in total. The van der Waals surface area contributed by atoms with Crippen LogP contribution in [0, 0.1) is 5.41 Å². The van der Waals surface area contributed by atoms with Gasteiger partial charge in [0.05, 0.1) is 25.0 Å². The van der Waals surface area contributed by atoms with Crippen molar-refractivity contribution in [3.63, 3.8) is 0 Å². The highest BCUT2D eigenvalue weighted by Crippen LogP contribution is 2.41. The van der Waals surface area contributed by atoms with Gasteiger partial charge in [-0.25, -0.2) is 9.78 Å². The van der Waals surface area contributed by atoms with Crippen molar-refractivity contribution in [3.05, 3.63) is 53.6 Å². The Hall–Kier alpha value is -3.02. The zero-order valence-corrected chi connectivity index (χ0v) is 16.7. The number of carbonyl (C=O) groups is 2. The van der Waals surface area contributed by atoms with Gasteiger partial charge in [0.2, 0.25) is 0 Å².